The molecule has 0 amide bonds. The second-order valence-corrected chi connectivity index (χ2v) is 4.64. The summed E-state index contributed by atoms with van der Waals surface area (Å²) in [6.07, 6.45) is 0. The van der Waals surface area contributed by atoms with E-state index in [-0.39, 0.29) is 7.43 Å². The largest absolute Gasteiger partial charge is 0.0616 e. The lowest BCUT2D eigenvalue weighted by molar-refractivity contribution is 1.77. The first-order valence-electron chi connectivity index (χ1n) is 6.23. The Morgan fingerprint density at radius 2 is 0.474 bits per heavy atom. The summed E-state index contributed by atoms with van der Waals surface area (Å²) in [5, 5.41) is 8.04. The van der Waals surface area contributed by atoms with Crippen molar-refractivity contribution in [3.63, 3.8) is 0 Å². The van der Waals surface area contributed by atoms with Gasteiger partial charge >= 0.3 is 0 Å². The average molecular weight is 240 g/mol. The maximum atomic E-state index is 2.21. The van der Waals surface area contributed by atoms with E-state index in [2.05, 4.69) is 72.8 Å². The Hall–Kier alpha value is -2.34. The molecule has 0 N–H and O–H groups in total. The van der Waals surface area contributed by atoms with Gasteiger partial charge in [0.15, 0.2) is 0 Å². The van der Waals surface area contributed by atoms with E-state index in [1.165, 1.54) is 32.3 Å². The number of hydrogen-bond acceptors (Lipinski definition) is 0. The molecule has 0 spiro atoms. The first-order chi connectivity index (χ1) is 8.95. The third-order valence-electron chi connectivity index (χ3n) is 3.65. The summed E-state index contributed by atoms with van der Waals surface area (Å²) in [6, 6.07) is 26.0. The van der Waals surface area contributed by atoms with Crippen LogP contribution in [0.1, 0.15) is 0 Å². The van der Waals surface area contributed by atoms with Crippen molar-refractivity contribution in [1.82, 2.24) is 0 Å². The van der Waals surface area contributed by atoms with Crippen LogP contribution < -0.4 is 0 Å². The molecule has 0 aliphatic carbocycles. The van der Waals surface area contributed by atoms with Gasteiger partial charge in [-0.05, 0) is 32.3 Å². The minimum Gasteiger partial charge on any atom is -0.0616 e. The maximum absolute atomic E-state index is 2.21. The van der Waals surface area contributed by atoms with Gasteiger partial charge in [0.05, 0.1) is 0 Å². The minimum absolute atomic E-state index is 0. The van der Waals surface area contributed by atoms with Gasteiger partial charge in [-0.2, -0.15) is 0 Å². The summed E-state index contributed by atoms with van der Waals surface area (Å²) in [5.74, 6) is 0. The number of rotatable bonds is 0. The van der Waals surface area contributed by atoms with E-state index >= 15 is 0 Å². The summed E-state index contributed by atoms with van der Waals surface area (Å²) in [5.41, 5.74) is 0. The Morgan fingerprint density at radius 3 is 0.632 bits per heavy atom. The Bertz CT molecular complexity index is 652. The summed E-state index contributed by atoms with van der Waals surface area (Å²) < 4.78 is 0. The van der Waals surface area contributed by atoms with E-state index in [1.807, 2.05) is 0 Å². The zero-order chi connectivity index (χ0) is 11.9. The number of fused-ring (bicyclic) bond motifs is 6. The van der Waals surface area contributed by atoms with Crippen molar-refractivity contribution in [1.29, 1.82) is 0 Å². The van der Waals surface area contributed by atoms with E-state index < -0.39 is 0 Å². The van der Waals surface area contributed by atoms with Crippen LogP contribution in [0.3, 0.4) is 0 Å². The van der Waals surface area contributed by atoms with Crippen LogP contribution >= 0.6 is 0 Å². The first kappa shape index (κ1) is 11.7. The van der Waals surface area contributed by atoms with Crippen LogP contribution in [0.25, 0.3) is 32.3 Å². The van der Waals surface area contributed by atoms with Crippen LogP contribution in [-0.2, 0) is 0 Å². The molecule has 0 bridgehead atoms. The molecule has 0 fully saturated rings. The average Bonchev–Trinajstić information content (AvgIpc) is 2.48. The molecule has 4 radical (unpaired) electrons. The molecule has 0 aliphatic rings. The molecule has 88 valence electrons. The highest BCUT2D eigenvalue weighted by Crippen LogP contribution is 2.34. The smallest absolute Gasteiger partial charge is 0 e. The van der Waals surface area contributed by atoms with E-state index in [0.717, 1.165) is 0 Å². The monoisotopic (exact) mass is 240 g/mol. The van der Waals surface area contributed by atoms with Crippen LogP contribution in [0.2, 0.25) is 0 Å². The van der Waals surface area contributed by atoms with E-state index in [9.17, 15) is 0 Å². The molecular weight excluding hydrogens is 228 g/mol. The van der Waals surface area contributed by atoms with Gasteiger partial charge < -0.3 is 0 Å². The van der Waals surface area contributed by atoms with Gasteiger partial charge in [-0.15, -0.1) is 0 Å². The van der Waals surface area contributed by atoms with Crippen molar-refractivity contribution in [2.24, 2.45) is 0 Å². The number of hydrogen-bond donors (Lipinski definition) is 0. The Labute approximate surface area is 113 Å². The Balaban J connectivity index is 0.00000110. The second-order valence-electron chi connectivity index (χ2n) is 4.64. The van der Waals surface area contributed by atoms with E-state index in [1.54, 1.807) is 0 Å². The molecule has 0 heteroatoms. The zero-order valence-corrected chi connectivity index (χ0v) is 10.4. The van der Waals surface area contributed by atoms with Gasteiger partial charge in [0.25, 0.3) is 0 Å². The molecule has 19 heavy (non-hydrogen) atoms. The SMILES string of the molecule is [C].c1ccc2c(c1)c1ccccc1c1ccccc21. The highest BCUT2D eigenvalue weighted by molar-refractivity contribution is 6.25. The lowest BCUT2D eigenvalue weighted by Crippen LogP contribution is -1.81. The van der Waals surface area contributed by atoms with Gasteiger partial charge in [0, 0.05) is 7.43 Å². The van der Waals surface area contributed by atoms with E-state index in [0.29, 0.717) is 0 Å². The fraction of sp³-hybridized carbons (Fsp3) is 0. The van der Waals surface area contributed by atoms with E-state index in [4.69, 9.17) is 0 Å². The van der Waals surface area contributed by atoms with Gasteiger partial charge in [0.1, 0.15) is 0 Å². The molecular formula is C19H12. The molecule has 0 saturated heterocycles. The van der Waals surface area contributed by atoms with Crippen molar-refractivity contribution in [3.05, 3.63) is 80.2 Å². The molecule has 0 aromatic heterocycles. The molecule has 4 aromatic carbocycles. The molecule has 0 unspecified atom stereocenters. The van der Waals surface area contributed by atoms with Crippen LogP contribution in [0.15, 0.2) is 72.8 Å². The van der Waals surface area contributed by atoms with Crippen LogP contribution in [-0.4, -0.2) is 0 Å². The minimum atomic E-state index is 0. The Morgan fingerprint density at radius 1 is 0.316 bits per heavy atom. The first-order valence-corrected chi connectivity index (χ1v) is 6.23. The predicted molar refractivity (Wildman–Crippen MR) is 82.2 cm³/mol. The molecule has 0 atom stereocenters. The second kappa shape index (κ2) is 4.40. The third kappa shape index (κ3) is 1.61. The molecule has 4 rings (SSSR count). The predicted octanol–water partition coefficient (Wildman–Crippen LogP) is 5.23. The van der Waals surface area contributed by atoms with Gasteiger partial charge in [-0.3, -0.25) is 0 Å². The summed E-state index contributed by atoms with van der Waals surface area (Å²) >= 11 is 0. The van der Waals surface area contributed by atoms with Crippen molar-refractivity contribution >= 4 is 32.3 Å². The third-order valence-corrected chi connectivity index (χ3v) is 3.65. The van der Waals surface area contributed by atoms with Gasteiger partial charge in [0.2, 0.25) is 0 Å². The van der Waals surface area contributed by atoms with Gasteiger partial charge in [-0.25, -0.2) is 0 Å². The van der Waals surface area contributed by atoms with Crippen molar-refractivity contribution < 1.29 is 0 Å². The van der Waals surface area contributed by atoms with Gasteiger partial charge in [-0.1, -0.05) is 72.8 Å². The molecule has 0 saturated carbocycles. The quantitative estimate of drug-likeness (QED) is 0.369. The zero-order valence-electron chi connectivity index (χ0n) is 10.4. The maximum Gasteiger partial charge on any atom is 0 e. The molecule has 4 aromatic rings. The number of benzene rings is 4. The van der Waals surface area contributed by atoms with Crippen LogP contribution in [0, 0.1) is 7.43 Å². The normalized spacial score (nSPS) is 10.7. The topological polar surface area (TPSA) is 0 Å². The van der Waals surface area contributed by atoms with Crippen LogP contribution in [0.4, 0.5) is 0 Å². The highest BCUT2D eigenvalue weighted by Gasteiger charge is 2.06. The Kier molecular flexibility index (Phi) is 2.72. The molecule has 0 aliphatic heterocycles. The summed E-state index contributed by atoms with van der Waals surface area (Å²) in [4.78, 5) is 0. The fourth-order valence-corrected chi connectivity index (χ4v) is 2.86. The summed E-state index contributed by atoms with van der Waals surface area (Å²) in [7, 11) is 0. The summed E-state index contributed by atoms with van der Waals surface area (Å²) in [6.45, 7) is 0. The van der Waals surface area contributed by atoms with Crippen molar-refractivity contribution in [3.8, 4) is 0 Å². The fourth-order valence-electron chi connectivity index (χ4n) is 2.86. The van der Waals surface area contributed by atoms with Crippen molar-refractivity contribution in [2.75, 3.05) is 0 Å². The molecule has 0 nitrogen and oxygen atoms in total. The van der Waals surface area contributed by atoms with Crippen molar-refractivity contribution in [2.45, 2.75) is 0 Å². The lowest BCUT2D eigenvalue weighted by atomic mass is 9.95. The standard InChI is InChI=1S/C18H12.C/c1-2-8-14-13(7-1)15-9-3-4-11-17(15)18-12-6-5-10-16(14)18;/h1-12H;. The highest BCUT2D eigenvalue weighted by atomic mass is 14.1. The van der Waals surface area contributed by atoms with Crippen LogP contribution in [0.5, 0.6) is 0 Å². The lowest BCUT2D eigenvalue weighted by Gasteiger charge is -2.09. The molecule has 0 heterocycles.